The summed E-state index contributed by atoms with van der Waals surface area (Å²) in [6, 6.07) is 14.3. The summed E-state index contributed by atoms with van der Waals surface area (Å²) in [6.45, 7) is 0.798. The molecular formula is C24H31ClFNO3. The van der Waals surface area contributed by atoms with Crippen LogP contribution in [0.4, 0.5) is 4.39 Å². The number of carbonyl (C=O) groups is 1. The first-order valence-electron chi connectivity index (χ1n) is 10.3. The van der Waals surface area contributed by atoms with E-state index >= 15 is 0 Å². The first kappa shape index (κ1) is 24.3. The van der Waals surface area contributed by atoms with E-state index in [1.807, 2.05) is 18.2 Å². The molecule has 4 nitrogen and oxygen atoms in total. The number of carbonyl (C=O) groups excluding carboxylic acids is 1. The Balaban J connectivity index is 0.00000320. The summed E-state index contributed by atoms with van der Waals surface area (Å²) in [4.78, 5) is 12.2. The van der Waals surface area contributed by atoms with Crippen molar-refractivity contribution < 1.29 is 18.7 Å². The minimum absolute atomic E-state index is 0. The molecule has 0 unspecified atom stereocenters. The number of Topliss-reactive ketones (excluding diaryl/α,β-unsaturated/α-hetero) is 1. The second-order valence-electron chi connectivity index (χ2n) is 7.66. The highest BCUT2D eigenvalue weighted by molar-refractivity contribution is 5.95. The monoisotopic (exact) mass is 435 g/mol. The van der Waals surface area contributed by atoms with Gasteiger partial charge in [-0.3, -0.25) is 4.79 Å². The highest BCUT2D eigenvalue weighted by Gasteiger charge is 2.38. The van der Waals surface area contributed by atoms with Crippen LogP contribution in [0.3, 0.4) is 0 Å². The minimum atomic E-state index is -0.319. The number of methoxy groups -OCH3 is 2. The largest absolute Gasteiger partial charge is 0.496 e. The molecule has 0 radical (unpaired) electrons. The fourth-order valence-electron chi connectivity index (χ4n) is 4.23. The Kier molecular flexibility index (Phi) is 9.28. The lowest BCUT2D eigenvalue weighted by Crippen LogP contribution is -2.41. The van der Waals surface area contributed by atoms with Crippen molar-refractivity contribution >= 4 is 18.2 Å². The molecule has 0 bridgehead atoms. The zero-order valence-corrected chi connectivity index (χ0v) is 18.5. The van der Waals surface area contributed by atoms with E-state index in [0.717, 1.165) is 50.0 Å². The molecule has 6 heteroatoms. The van der Waals surface area contributed by atoms with Crippen LogP contribution in [0.15, 0.2) is 48.5 Å². The lowest BCUT2D eigenvalue weighted by Gasteiger charge is -2.40. The van der Waals surface area contributed by atoms with Gasteiger partial charge in [0.2, 0.25) is 0 Å². The standard InChI is InChI=1S/C24H30FNO3.ClH/c1-28-23-8-4-3-6-21(23)24(29-2)15-13-20(14-16-24)26-17-5-7-22(27)18-9-11-19(25)12-10-18;/h3-4,6,8-12,20,26H,5,7,13-17H2,1-2H3;1H/t20-,24-;. The zero-order chi connectivity index (χ0) is 20.7. The van der Waals surface area contributed by atoms with Gasteiger partial charge in [-0.15, -0.1) is 12.4 Å². The predicted molar refractivity (Wildman–Crippen MR) is 119 cm³/mol. The van der Waals surface area contributed by atoms with Crippen LogP contribution in [-0.4, -0.2) is 32.6 Å². The van der Waals surface area contributed by atoms with E-state index in [1.54, 1.807) is 26.4 Å². The summed E-state index contributed by atoms with van der Waals surface area (Å²) in [5, 5.41) is 3.58. The normalized spacial score (nSPS) is 21.0. The molecule has 0 heterocycles. The highest BCUT2D eigenvalue weighted by Crippen LogP contribution is 2.43. The minimum Gasteiger partial charge on any atom is -0.496 e. The van der Waals surface area contributed by atoms with E-state index in [4.69, 9.17) is 9.47 Å². The lowest BCUT2D eigenvalue weighted by atomic mass is 9.77. The van der Waals surface area contributed by atoms with Crippen LogP contribution in [0.2, 0.25) is 0 Å². The van der Waals surface area contributed by atoms with Gasteiger partial charge in [0.1, 0.15) is 11.6 Å². The Morgan fingerprint density at radius 1 is 1.10 bits per heavy atom. The van der Waals surface area contributed by atoms with Crippen LogP contribution in [0.5, 0.6) is 5.75 Å². The summed E-state index contributed by atoms with van der Waals surface area (Å²) >= 11 is 0. The molecule has 164 valence electrons. The molecule has 0 saturated heterocycles. The Morgan fingerprint density at radius 2 is 1.77 bits per heavy atom. The first-order chi connectivity index (χ1) is 14.1. The van der Waals surface area contributed by atoms with E-state index in [9.17, 15) is 9.18 Å². The second kappa shape index (κ2) is 11.4. The fraction of sp³-hybridized carbons (Fsp3) is 0.458. The van der Waals surface area contributed by atoms with Gasteiger partial charge in [-0.2, -0.15) is 0 Å². The summed E-state index contributed by atoms with van der Waals surface area (Å²) < 4.78 is 24.5. The van der Waals surface area contributed by atoms with Crippen molar-refractivity contribution in [1.82, 2.24) is 5.32 Å². The van der Waals surface area contributed by atoms with Gasteiger partial charge in [0, 0.05) is 30.7 Å². The van der Waals surface area contributed by atoms with Gasteiger partial charge in [-0.1, -0.05) is 18.2 Å². The van der Waals surface area contributed by atoms with Crippen molar-refractivity contribution in [2.75, 3.05) is 20.8 Å². The number of ketones is 1. The Labute approximate surface area is 184 Å². The second-order valence-corrected chi connectivity index (χ2v) is 7.66. The number of ether oxygens (including phenoxy) is 2. The van der Waals surface area contributed by atoms with Gasteiger partial charge in [-0.25, -0.2) is 4.39 Å². The van der Waals surface area contributed by atoms with Crippen LogP contribution < -0.4 is 10.1 Å². The van der Waals surface area contributed by atoms with Crippen molar-refractivity contribution in [2.45, 2.75) is 50.2 Å². The average Bonchev–Trinajstić information content (AvgIpc) is 2.77. The topological polar surface area (TPSA) is 47.6 Å². The first-order valence-corrected chi connectivity index (χ1v) is 10.3. The number of rotatable bonds is 9. The van der Waals surface area contributed by atoms with E-state index in [-0.39, 0.29) is 29.6 Å². The lowest BCUT2D eigenvalue weighted by molar-refractivity contribution is -0.0514. The number of benzene rings is 2. The molecule has 3 rings (SSSR count). The highest BCUT2D eigenvalue weighted by atomic mass is 35.5. The Hall–Kier alpha value is -1.95. The molecule has 1 aliphatic rings. The average molecular weight is 436 g/mol. The third-order valence-electron chi connectivity index (χ3n) is 5.96. The molecule has 0 spiro atoms. The van der Waals surface area contributed by atoms with Crippen LogP contribution in [0.1, 0.15) is 54.4 Å². The number of nitrogens with one attached hydrogen (secondary N) is 1. The van der Waals surface area contributed by atoms with Gasteiger partial charge < -0.3 is 14.8 Å². The summed E-state index contributed by atoms with van der Waals surface area (Å²) in [5.74, 6) is 0.617. The molecule has 1 saturated carbocycles. The van der Waals surface area contributed by atoms with Crippen molar-refractivity contribution in [3.8, 4) is 5.75 Å². The smallest absolute Gasteiger partial charge is 0.162 e. The maximum Gasteiger partial charge on any atom is 0.162 e. The molecular weight excluding hydrogens is 405 g/mol. The van der Waals surface area contributed by atoms with Gasteiger partial charge >= 0.3 is 0 Å². The number of halogens is 2. The number of para-hydroxylation sites is 1. The maximum absolute atomic E-state index is 13.0. The molecule has 1 aliphatic carbocycles. The Bertz CT molecular complexity index is 804. The molecule has 1 N–H and O–H groups in total. The molecule has 2 aromatic rings. The third-order valence-corrected chi connectivity index (χ3v) is 5.96. The van der Waals surface area contributed by atoms with E-state index in [1.165, 1.54) is 12.1 Å². The molecule has 2 aromatic carbocycles. The van der Waals surface area contributed by atoms with E-state index in [2.05, 4.69) is 11.4 Å². The van der Waals surface area contributed by atoms with Crippen molar-refractivity contribution in [3.63, 3.8) is 0 Å². The van der Waals surface area contributed by atoms with Crippen LogP contribution in [0, 0.1) is 5.82 Å². The predicted octanol–water partition coefficient (Wildman–Crippen LogP) is 5.29. The zero-order valence-electron chi connectivity index (χ0n) is 17.7. The third kappa shape index (κ3) is 5.81. The van der Waals surface area contributed by atoms with Gasteiger partial charge in [-0.05, 0) is 69.0 Å². The number of hydrogen-bond donors (Lipinski definition) is 1. The van der Waals surface area contributed by atoms with Crippen LogP contribution in [-0.2, 0) is 10.3 Å². The molecule has 0 aliphatic heterocycles. The molecule has 0 atom stereocenters. The van der Waals surface area contributed by atoms with Crippen LogP contribution in [0.25, 0.3) is 0 Å². The molecule has 0 aromatic heterocycles. The quantitative estimate of drug-likeness (QED) is 0.429. The van der Waals surface area contributed by atoms with E-state index < -0.39 is 0 Å². The van der Waals surface area contributed by atoms with Gasteiger partial charge in [0.05, 0.1) is 12.7 Å². The SMILES string of the molecule is COc1ccccc1[C@]1(OC)CC[C@H](NCCCC(=O)c2ccc(F)cc2)CC1.Cl. The molecule has 1 fully saturated rings. The molecule has 30 heavy (non-hydrogen) atoms. The maximum atomic E-state index is 13.0. The summed E-state index contributed by atoms with van der Waals surface area (Å²) in [7, 11) is 3.48. The van der Waals surface area contributed by atoms with Crippen molar-refractivity contribution in [2.24, 2.45) is 0 Å². The Morgan fingerprint density at radius 3 is 2.40 bits per heavy atom. The van der Waals surface area contributed by atoms with Gasteiger partial charge in [0.25, 0.3) is 0 Å². The molecule has 0 amide bonds. The summed E-state index contributed by atoms with van der Waals surface area (Å²) in [6.07, 6.45) is 5.12. The van der Waals surface area contributed by atoms with Crippen molar-refractivity contribution in [1.29, 1.82) is 0 Å². The fourth-order valence-corrected chi connectivity index (χ4v) is 4.23. The van der Waals surface area contributed by atoms with E-state index in [0.29, 0.717) is 18.0 Å². The number of hydrogen-bond acceptors (Lipinski definition) is 4. The van der Waals surface area contributed by atoms with Gasteiger partial charge in [0.15, 0.2) is 5.78 Å². The van der Waals surface area contributed by atoms with Crippen molar-refractivity contribution in [3.05, 3.63) is 65.5 Å². The van der Waals surface area contributed by atoms with Crippen LogP contribution >= 0.6 is 12.4 Å². The summed E-state index contributed by atoms with van der Waals surface area (Å²) in [5.41, 5.74) is 1.39.